The molecule has 0 heterocycles. The minimum absolute atomic E-state index is 0.173. The summed E-state index contributed by atoms with van der Waals surface area (Å²) in [7, 11) is 0. The molecule has 1 nitrogen and oxygen atoms in total. The first-order valence-corrected chi connectivity index (χ1v) is 6.03. The molecule has 2 aromatic rings. The van der Waals surface area contributed by atoms with Crippen molar-refractivity contribution in [1.82, 2.24) is 0 Å². The first-order valence-electron chi connectivity index (χ1n) is 6.03. The SMILES string of the molecule is Cc1cccc(C(=O)Cc2c(F)cccc2F)c1C. The van der Waals surface area contributed by atoms with Gasteiger partial charge in [-0.05, 0) is 37.1 Å². The Bertz CT molecular complexity index is 612. The van der Waals surface area contributed by atoms with Crippen molar-refractivity contribution in [3.8, 4) is 0 Å². The van der Waals surface area contributed by atoms with Crippen LogP contribution in [0.1, 0.15) is 27.0 Å². The van der Waals surface area contributed by atoms with Crippen molar-refractivity contribution in [2.75, 3.05) is 0 Å². The molecule has 0 atom stereocenters. The van der Waals surface area contributed by atoms with Crippen molar-refractivity contribution in [1.29, 1.82) is 0 Å². The van der Waals surface area contributed by atoms with Crippen LogP contribution < -0.4 is 0 Å². The van der Waals surface area contributed by atoms with Gasteiger partial charge >= 0.3 is 0 Å². The van der Waals surface area contributed by atoms with Gasteiger partial charge in [0.05, 0.1) is 0 Å². The van der Waals surface area contributed by atoms with E-state index in [-0.39, 0.29) is 17.8 Å². The molecule has 0 radical (unpaired) electrons. The van der Waals surface area contributed by atoms with E-state index < -0.39 is 11.6 Å². The summed E-state index contributed by atoms with van der Waals surface area (Å²) < 4.78 is 27.0. The van der Waals surface area contributed by atoms with Crippen molar-refractivity contribution in [3.63, 3.8) is 0 Å². The molecule has 0 aromatic heterocycles. The zero-order chi connectivity index (χ0) is 14.0. The quantitative estimate of drug-likeness (QED) is 0.762. The fraction of sp³-hybridized carbons (Fsp3) is 0.188. The standard InChI is InChI=1S/C16H14F2O/c1-10-5-3-6-12(11(10)2)16(19)9-13-14(17)7-4-8-15(13)18/h3-8H,9H2,1-2H3. The van der Waals surface area contributed by atoms with E-state index in [2.05, 4.69) is 0 Å². The zero-order valence-electron chi connectivity index (χ0n) is 10.8. The zero-order valence-corrected chi connectivity index (χ0v) is 10.8. The predicted octanol–water partition coefficient (Wildman–Crippen LogP) is 4.01. The third-order valence-electron chi connectivity index (χ3n) is 3.30. The van der Waals surface area contributed by atoms with Crippen molar-refractivity contribution in [3.05, 3.63) is 70.3 Å². The van der Waals surface area contributed by atoms with Crippen molar-refractivity contribution in [2.24, 2.45) is 0 Å². The lowest BCUT2D eigenvalue weighted by Crippen LogP contribution is -2.09. The number of ketones is 1. The van der Waals surface area contributed by atoms with Gasteiger partial charge < -0.3 is 0 Å². The Morgan fingerprint density at radius 2 is 1.58 bits per heavy atom. The largest absolute Gasteiger partial charge is 0.294 e. The van der Waals surface area contributed by atoms with Gasteiger partial charge in [-0.3, -0.25) is 4.79 Å². The smallest absolute Gasteiger partial charge is 0.167 e. The highest BCUT2D eigenvalue weighted by atomic mass is 19.1. The van der Waals surface area contributed by atoms with E-state index in [9.17, 15) is 13.6 Å². The molecular formula is C16H14F2O. The molecule has 0 fully saturated rings. The number of aryl methyl sites for hydroxylation is 1. The summed E-state index contributed by atoms with van der Waals surface area (Å²) in [5.74, 6) is -1.64. The predicted molar refractivity (Wildman–Crippen MR) is 70.3 cm³/mol. The van der Waals surface area contributed by atoms with Crippen molar-refractivity contribution in [2.45, 2.75) is 20.3 Å². The molecule has 3 heteroatoms. The van der Waals surface area contributed by atoms with Crippen molar-refractivity contribution >= 4 is 5.78 Å². The van der Waals surface area contributed by atoms with Gasteiger partial charge in [-0.2, -0.15) is 0 Å². The van der Waals surface area contributed by atoms with Gasteiger partial charge in [0, 0.05) is 17.5 Å². The first-order chi connectivity index (χ1) is 9.00. The summed E-state index contributed by atoms with van der Waals surface area (Å²) in [6.45, 7) is 3.73. The van der Waals surface area contributed by atoms with Gasteiger partial charge in [-0.25, -0.2) is 8.78 Å². The normalized spacial score (nSPS) is 10.5. The lowest BCUT2D eigenvalue weighted by molar-refractivity contribution is 0.0990. The third kappa shape index (κ3) is 2.70. The fourth-order valence-corrected chi connectivity index (χ4v) is 2.01. The minimum Gasteiger partial charge on any atom is -0.294 e. The molecule has 0 aliphatic rings. The number of hydrogen-bond acceptors (Lipinski definition) is 1. The number of benzene rings is 2. The molecule has 0 amide bonds. The summed E-state index contributed by atoms with van der Waals surface area (Å²) >= 11 is 0. The number of carbonyl (C=O) groups excluding carboxylic acids is 1. The minimum atomic E-state index is -0.682. The third-order valence-corrected chi connectivity index (χ3v) is 3.30. The molecule has 19 heavy (non-hydrogen) atoms. The van der Waals surface area contributed by atoms with E-state index in [1.54, 1.807) is 12.1 Å². The Kier molecular flexibility index (Phi) is 3.74. The average Bonchev–Trinajstić information content (AvgIpc) is 2.37. The molecule has 0 aliphatic carbocycles. The van der Waals surface area contributed by atoms with Gasteiger partial charge in [0.1, 0.15) is 11.6 Å². The lowest BCUT2D eigenvalue weighted by Gasteiger charge is -2.08. The molecule has 2 rings (SSSR count). The molecule has 0 bridgehead atoms. The number of hydrogen-bond donors (Lipinski definition) is 0. The average molecular weight is 260 g/mol. The molecule has 0 saturated heterocycles. The van der Waals surface area contributed by atoms with Gasteiger partial charge in [0.2, 0.25) is 0 Å². The van der Waals surface area contributed by atoms with Crippen LogP contribution in [0.3, 0.4) is 0 Å². The second kappa shape index (κ2) is 5.31. The molecule has 0 saturated carbocycles. The highest BCUT2D eigenvalue weighted by Gasteiger charge is 2.16. The van der Waals surface area contributed by atoms with Gasteiger partial charge in [-0.15, -0.1) is 0 Å². The van der Waals surface area contributed by atoms with E-state index in [0.717, 1.165) is 23.3 Å². The number of carbonyl (C=O) groups is 1. The fourth-order valence-electron chi connectivity index (χ4n) is 2.01. The topological polar surface area (TPSA) is 17.1 Å². The van der Waals surface area contributed by atoms with Crippen LogP contribution in [-0.2, 0) is 6.42 Å². The Hall–Kier alpha value is -2.03. The highest BCUT2D eigenvalue weighted by molar-refractivity contribution is 5.99. The Labute approximate surface area is 110 Å². The summed E-state index contributed by atoms with van der Waals surface area (Å²) in [5, 5.41) is 0. The Morgan fingerprint density at radius 3 is 2.21 bits per heavy atom. The van der Waals surface area contributed by atoms with E-state index >= 15 is 0 Å². The maximum Gasteiger partial charge on any atom is 0.167 e. The van der Waals surface area contributed by atoms with Crippen LogP contribution in [0.25, 0.3) is 0 Å². The molecule has 0 N–H and O–H groups in total. The number of rotatable bonds is 3. The van der Waals surface area contributed by atoms with E-state index in [1.165, 1.54) is 6.07 Å². The molecule has 0 spiro atoms. The van der Waals surface area contributed by atoms with E-state index in [0.29, 0.717) is 5.56 Å². The van der Waals surface area contributed by atoms with Crippen LogP contribution in [0.2, 0.25) is 0 Å². The molecule has 98 valence electrons. The molecular weight excluding hydrogens is 246 g/mol. The van der Waals surface area contributed by atoms with Crippen LogP contribution in [0.4, 0.5) is 8.78 Å². The Balaban J connectivity index is 2.34. The van der Waals surface area contributed by atoms with Gasteiger partial charge in [0.15, 0.2) is 5.78 Å². The van der Waals surface area contributed by atoms with E-state index in [1.807, 2.05) is 19.9 Å². The van der Waals surface area contributed by atoms with Crippen molar-refractivity contribution < 1.29 is 13.6 Å². The van der Waals surface area contributed by atoms with Crippen LogP contribution >= 0.6 is 0 Å². The van der Waals surface area contributed by atoms with Crippen LogP contribution in [-0.4, -0.2) is 5.78 Å². The first kappa shape index (κ1) is 13.4. The summed E-state index contributed by atoms with van der Waals surface area (Å²) in [4.78, 5) is 12.2. The summed E-state index contributed by atoms with van der Waals surface area (Å²) in [6, 6.07) is 8.96. The summed E-state index contributed by atoms with van der Waals surface area (Å²) in [6.07, 6.45) is -0.261. The lowest BCUT2D eigenvalue weighted by atomic mass is 9.96. The number of Topliss-reactive ketones (excluding diaryl/α,β-unsaturated/α-hetero) is 1. The highest BCUT2D eigenvalue weighted by Crippen LogP contribution is 2.18. The number of halogens is 2. The van der Waals surface area contributed by atoms with Crippen LogP contribution in [0.5, 0.6) is 0 Å². The van der Waals surface area contributed by atoms with Gasteiger partial charge in [-0.1, -0.05) is 24.3 Å². The van der Waals surface area contributed by atoms with E-state index in [4.69, 9.17) is 0 Å². The Morgan fingerprint density at radius 1 is 1.00 bits per heavy atom. The maximum atomic E-state index is 13.5. The monoisotopic (exact) mass is 260 g/mol. The van der Waals surface area contributed by atoms with Crippen LogP contribution in [0.15, 0.2) is 36.4 Å². The maximum absolute atomic E-state index is 13.5. The van der Waals surface area contributed by atoms with Crippen LogP contribution in [0, 0.1) is 25.5 Å². The molecule has 0 unspecified atom stereocenters. The second-order valence-electron chi connectivity index (χ2n) is 4.55. The molecule has 2 aromatic carbocycles. The van der Waals surface area contributed by atoms with Gasteiger partial charge in [0.25, 0.3) is 0 Å². The second-order valence-corrected chi connectivity index (χ2v) is 4.55. The summed E-state index contributed by atoms with van der Waals surface area (Å²) in [5.41, 5.74) is 2.18. The molecule has 0 aliphatic heterocycles.